The van der Waals surface area contributed by atoms with Crippen molar-refractivity contribution in [2.45, 2.75) is 0 Å². The van der Waals surface area contributed by atoms with Gasteiger partial charge in [-0.25, -0.2) is 0 Å². The minimum atomic E-state index is -0.356. The molecule has 6 heteroatoms. The van der Waals surface area contributed by atoms with Gasteiger partial charge in [-0.15, -0.1) is 17.9 Å². The van der Waals surface area contributed by atoms with Crippen LogP contribution in [0.15, 0.2) is 54.2 Å². The molecule has 5 nitrogen and oxygen atoms in total. The summed E-state index contributed by atoms with van der Waals surface area (Å²) in [5, 5.41) is 7.15. The predicted octanol–water partition coefficient (Wildman–Crippen LogP) is 2.16. The largest absolute Gasteiger partial charge is 0.351 e. The van der Waals surface area contributed by atoms with E-state index in [4.69, 9.17) is 0 Å². The Morgan fingerprint density at radius 1 is 1.36 bits per heavy atom. The van der Waals surface area contributed by atoms with Gasteiger partial charge in [0.25, 0.3) is 11.8 Å². The van der Waals surface area contributed by atoms with Gasteiger partial charge in [-0.05, 0) is 29.7 Å². The molecule has 0 aliphatic carbocycles. The molecule has 0 unspecified atom stereocenters. The zero-order valence-corrected chi connectivity index (χ0v) is 13.0. The Kier molecular flexibility index (Phi) is 5.32. The van der Waals surface area contributed by atoms with E-state index in [2.05, 4.69) is 17.2 Å². The van der Waals surface area contributed by atoms with Crippen molar-refractivity contribution in [3.63, 3.8) is 0 Å². The second-order valence-electron chi connectivity index (χ2n) is 4.53. The van der Waals surface area contributed by atoms with Crippen LogP contribution in [0.3, 0.4) is 0 Å². The third kappa shape index (κ3) is 3.95. The summed E-state index contributed by atoms with van der Waals surface area (Å²) in [5.74, 6) is -0.657. The van der Waals surface area contributed by atoms with Crippen LogP contribution in [0.4, 0.5) is 0 Å². The van der Waals surface area contributed by atoms with E-state index in [0.29, 0.717) is 11.4 Å². The van der Waals surface area contributed by atoms with Crippen LogP contribution in [0.2, 0.25) is 0 Å². The van der Waals surface area contributed by atoms with E-state index in [9.17, 15) is 9.59 Å². The topological polar surface area (TPSA) is 63.1 Å². The maximum atomic E-state index is 12.2. The minimum Gasteiger partial charge on any atom is -0.351 e. The van der Waals surface area contributed by atoms with Gasteiger partial charge in [0.15, 0.2) is 0 Å². The Hall–Kier alpha value is -2.60. The quantitative estimate of drug-likeness (QED) is 0.634. The lowest BCUT2D eigenvalue weighted by molar-refractivity contribution is -0.117. The molecule has 0 bridgehead atoms. The molecule has 2 aromatic rings. The number of rotatable bonds is 6. The SMILES string of the molecule is C=CCNC(=O)C(=Cc1cccn1C)NC(=O)c1cccs1. The summed E-state index contributed by atoms with van der Waals surface area (Å²) in [6, 6.07) is 7.23. The number of thiophene rings is 1. The number of nitrogens with one attached hydrogen (secondary N) is 2. The third-order valence-electron chi connectivity index (χ3n) is 2.92. The van der Waals surface area contributed by atoms with Crippen molar-refractivity contribution in [3.05, 3.63) is 64.8 Å². The Balaban J connectivity index is 2.23. The monoisotopic (exact) mass is 315 g/mol. The van der Waals surface area contributed by atoms with Crippen molar-refractivity contribution in [2.24, 2.45) is 7.05 Å². The molecule has 2 amide bonds. The normalized spacial score (nSPS) is 11.0. The van der Waals surface area contributed by atoms with Gasteiger partial charge in [-0.3, -0.25) is 9.59 Å². The maximum Gasteiger partial charge on any atom is 0.268 e. The van der Waals surface area contributed by atoms with Crippen LogP contribution < -0.4 is 10.6 Å². The highest BCUT2D eigenvalue weighted by Crippen LogP contribution is 2.11. The molecule has 0 aliphatic heterocycles. The predicted molar refractivity (Wildman–Crippen MR) is 88.4 cm³/mol. The van der Waals surface area contributed by atoms with E-state index >= 15 is 0 Å². The molecule has 0 saturated carbocycles. The van der Waals surface area contributed by atoms with Crippen molar-refractivity contribution in [1.29, 1.82) is 0 Å². The van der Waals surface area contributed by atoms with Crippen LogP contribution >= 0.6 is 11.3 Å². The molecule has 0 atom stereocenters. The number of aryl methyl sites for hydroxylation is 1. The molecular formula is C16H17N3O2S. The summed E-state index contributed by atoms with van der Waals surface area (Å²) in [6.07, 6.45) is 5.09. The number of nitrogens with zero attached hydrogens (tertiary/aromatic N) is 1. The smallest absolute Gasteiger partial charge is 0.268 e. The molecular weight excluding hydrogens is 298 g/mol. The first-order valence-corrected chi connectivity index (χ1v) is 7.56. The second-order valence-corrected chi connectivity index (χ2v) is 5.48. The Labute approximate surface area is 133 Å². The molecule has 22 heavy (non-hydrogen) atoms. The van der Waals surface area contributed by atoms with Gasteiger partial charge < -0.3 is 15.2 Å². The van der Waals surface area contributed by atoms with Gasteiger partial charge in [-0.2, -0.15) is 0 Å². The number of hydrogen-bond acceptors (Lipinski definition) is 3. The van der Waals surface area contributed by atoms with Gasteiger partial charge in [0.05, 0.1) is 4.88 Å². The Morgan fingerprint density at radius 3 is 2.77 bits per heavy atom. The molecule has 0 aromatic carbocycles. The molecule has 0 fully saturated rings. The summed E-state index contributed by atoms with van der Waals surface area (Å²) < 4.78 is 1.86. The molecule has 0 aliphatic rings. The van der Waals surface area contributed by atoms with Crippen molar-refractivity contribution in [2.75, 3.05) is 6.54 Å². The molecule has 2 heterocycles. The zero-order chi connectivity index (χ0) is 15.9. The average Bonchev–Trinajstić information content (AvgIpc) is 3.16. The zero-order valence-electron chi connectivity index (χ0n) is 12.2. The van der Waals surface area contributed by atoms with Crippen molar-refractivity contribution < 1.29 is 9.59 Å². The van der Waals surface area contributed by atoms with Gasteiger partial charge in [0.1, 0.15) is 5.70 Å². The Bertz CT molecular complexity index is 699. The maximum absolute atomic E-state index is 12.2. The summed E-state index contributed by atoms with van der Waals surface area (Å²) >= 11 is 1.32. The summed E-state index contributed by atoms with van der Waals surface area (Å²) in [7, 11) is 1.87. The molecule has 2 rings (SSSR count). The summed E-state index contributed by atoms with van der Waals surface area (Å²) in [4.78, 5) is 24.9. The van der Waals surface area contributed by atoms with Gasteiger partial charge in [0.2, 0.25) is 0 Å². The Morgan fingerprint density at radius 2 is 2.18 bits per heavy atom. The van der Waals surface area contributed by atoms with Crippen molar-refractivity contribution in [1.82, 2.24) is 15.2 Å². The number of amides is 2. The lowest BCUT2D eigenvalue weighted by Gasteiger charge is -2.09. The number of hydrogen-bond donors (Lipinski definition) is 2. The third-order valence-corrected chi connectivity index (χ3v) is 3.79. The van der Waals surface area contributed by atoms with Gasteiger partial charge >= 0.3 is 0 Å². The summed E-state index contributed by atoms with van der Waals surface area (Å²) in [5.41, 5.74) is 1.01. The molecule has 2 N–H and O–H groups in total. The van der Waals surface area contributed by atoms with E-state index in [1.807, 2.05) is 35.3 Å². The number of aromatic nitrogens is 1. The first kappa shape index (κ1) is 15.8. The lowest BCUT2D eigenvalue weighted by Crippen LogP contribution is -2.34. The van der Waals surface area contributed by atoms with E-state index in [0.717, 1.165) is 5.69 Å². The molecule has 0 saturated heterocycles. The fourth-order valence-electron chi connectivity index (χ4n) is 1.78. The van der Waals surface area contributed by atoms with E-state index in [1.165, 1.54) is 11.3 Å². The van der Waals surface area contributed by atoms with Crippen LogP contribution in [0, 0.1) is 0 Å². The summed E-state index contributed by atoms with van der Waals surface area (Å²) in [6.45, 7) is 3.89. The fraction of sp³-hybridized carbons (Fsp3) is 0.125. The number of carbonyl (C=O) groups is 2. The standard InChI is InChI=1S/C16H17N3O2S/c1-3-8-17-15(20)13(11-12-6-4-9-19(12)2)18-16(21)14-7-5-10-22-14/h3-7,9-11H,1,8H2,2H3,(H,17,20)(H,18,21). The van der Waals surface area contributed by atoms with E-state index < -0.39 is 0 Å². The van der Waals surface area contributed by atoms with E-state index in [-0.39, 0.29) is 17.5 Å². The van der Waals surface area contributed by atoms with Crippen LogP contribution in [-0.2, 0) is 11.8 Å². The second kappa shape index (κ2) is 7.42. The van der Waals surface area contributed by atoms with Gasteiger partial charge in [0, 0.05) is 25.5 Å². The van der Waals surface area contributed by atoms with E-state index in [1.54, 1.807) is 24.3 Å². The molecule has 0 spiro atoms. The molecule has 2 aromatic heterocycles. The highest BCUT2D eigenvalue weighted by Gasteiger charge is 2.15. The minimum absolute atomic E-state index is 0.196. The van der Waals surface area contributed by atoms with Crippen molar-refractivity contribution in [3.8, 4) is 0 Å². The van der Waals surface area contributed by atoms with Crippen LogP contribution in [0.5, 0.6) is 0 Å². The fourth-order valence-corrected chi connectivity index (χ4v) is 2.40. The first-order chi connectivity index (χ1) is 10.6. The molecule has 114 valence electrons. The highest BCUT2D eigenvalue weighted by molar-refractivity contribution is 7.12. The van der Waals surface area contributed by atoms with Crippen molar-refractivity contribution >= 4 is 29.2 Å². The first-order valence-electron chi connectivity index (χ1n) is 6.69. The van der Waals surface area contributed by atoms with Crippen LogP contribution in [-0.4, -0.2) is 22.9 Å². The molecule has 0 radical (unpaired) electrons. The van der Waals surface area contributed by atoms with Crippen LogP contribution in [0.25, 0.3) is 6.08 Å². The van der Waals surface area contributed by atoms with Crippen LogP contribution in [0.1, 0.15) is 15.4 Å². The lowest BCUT2D eigenvalue weighted by atomic mass is 10.3. The number of carbonyl (C=O) groups excluding carboxylic acids is 2. The highest BCUT2D eigenvalue weighted by atomic mass is 32.1. The van der Waals surface area contributed by atoms with Gasteiger partial charge in [-0.1, -0.05) is 12.1 Å². The average molecular weight is 315 g/mol.